The van der Waals surface area contributed by atoms with E-state index in [2.05, 4.69) is 15.0 Å². The van der Waals surface area contributed by atoms with Crippen LogP contribution < -0.4 is 0 Å². The van der Waals surface area contributed by atoms with Gasteiger partial charge in [-0.1, -0.05) is 36.4 Å². The first-order chi connectivity index (χ1) is 17.0. The van der Waals surface area contributed by atoms with Crippen LogP contribution in [-0.4, -0.2) is 57.2 Å². The molecular weight excluding hydrogens is 448 g/mol. The van der Waals surface area contributed by atoms with Crippen LogP contribution in [0, 0.1) is 11.8 Å². The smallest absolute Gasteiger partial charge is 0.433 e. The van der Waals surface area contributed by atoms with E-state index < -0.39 is 18.0 Å². The zero-order chi connectivity index (χ0) is 24.6. The molecule has 9 heteroatoms. The molecule has 35 heavy (non-hydrogen) atoms. The van der Waals surface area contributed by atoms with E-state index in [1.165, 1.54) is 0 Å². The molecular formula is C26H24N4O5. The molecule has 1 aromatic carbocycles. The van der Waals surface area contributed by atoms with Gasteiger partial charge in [0, 0.05) is 43.2 Å². The minimum atomic E-state index is -1.23. The molecule has 0 bridgehead atoms. The van der Waals surface area contributed by atoms with Crippen LogP contribution >= 0.6 is 0 Å². The molecule has 4 rings (SSSR count). The van der Waals surface area contributed by atoms with Crippen LogP contribution in [0.1, 0.15) is 17.7 Å². The number of ether oxygens (including phenoxy) is 1. The van der Waals surface area contributed by atoms with Crippen LogP contribution in [0.5, 0.6) is 0 Å². The van der Waals surface area contributed by atoms with E-state index in [9.17, 15) is 19.5 Å². The summed E-state index contributed by atoms with van der Waals surface area (Å²) in [7, 11) is 0. The molecule has 1 unspecified atom stereocenters. The maximum Gasteiger partial charge on any atom is 0.433 e. The summed E-state index contributed by atoms with van der Waals surface area (Å²) in [5, 5.41) is 10.4. The summed E-state index contributed by atoms with van der Waals surface area (Å²) in [5.41, 5.74) is 2.24. The van der Waals surface area contributed by atoms with Crippen molar-refractivity contribution < 1.29 is 24.2 Å². The first-order valence-corrected chi connectivity index (χ1v) is 11.1. The Morgan fingerprint density at radius 2 is 1.91 bits per heavy atom. The number of fused-ring (bicyclic) bond motifs is 1. The quantitative estimate of drug-likeness (QED) is 0.497. The number of pyridine rings is 2. The Hall–Kier alpha value is -4.40. The maximum atomic E-state index is 12.5. The van der Waals surface area contributed by atoms with Crippen molar-refractivity contribution in [3.8, 4) is 0 Å². The number of rotatable bonds is 8. The molecule has 0 radical (unpaired) electrons. The Kier molecular flexibility index (Phi) is 7.57. The number of aliphatic carboxylic acids is 1. The van der Waals surface area contributed by atoms with Gasteiger partial charge in [0.05, 0.1) is 5.69 Å². The van der Waals surface area contributed by atoms with Crippen molar-refractivity contribution in [1.82, 2.24) is 14.9 Å². The Labute approximate surface area is 201 Å². The Balaban J connectivity index is 1.24. The van der Waals surface area contributed by atoms with Gasteiger partial charge < -0.3 is 14.7 Å². The highest BCUT2D eigenvalue weighted by Gasteiger charge is 2.31. The predicted octanol–water partition coefficient (Wildman–Crippen LogP) is 3.60. The first kappa shape index (κ1) is 23.7. The van der Waals surface area contributed by atoms with Gasteiger partial charge in [-0.25, -0.2) is 14.8 Å². The zero-order valence-electron chi connectivity index (χ0n) is 18.9. The highest BCUT2D eigenvalue weighted by atomic mass is 16.5. The average Bonchev–Trinajstić information content (AvgIpc) is 2.84. The molecule has 1 atom stereocenters. The number of carbonyl (C=O) groups excluding carboxylic acids is 2. The van der Waals surface area contributed by atoms with Crippen molar-refractivity contribution in [3.05, 3.63) is 78.1 Å². The van der Waals surface area contributed by atoms with Crippen LogP contribution in [0.15, 0.2) is 71.9 Å². The van der Waals surface area contributed by atoms with Gasteiger partial charge in [0.25, 0.3) is 0 Å². The van der Waals surface area contributed by atoms with Gasteiger partial charge in [-0.05, 0) is 35.9 Å². The monoisotopic (exact) mass is 472 g/mol. The minimum Gasteiger partial charge on any atom is -0.481 e. The number of carbonyl (C=O) groups is 3. The molecule has 1 aliphatic heterocycles. The highest BCUT2D eigenvalue weighted by Crippen LogP contribution is 2.21. The van der Waals surface area contributed by atoms with Crippen molar-refractivity contribution in [2.24, 2.45) is 16.8 Å². The molecule has 2 aromatic heterocycles. The van der Waals surface area contributed by atoms with Crippen molar-refractivity contribution in [2.45, 2.75) is 13.0 Å². The van der Waals surface area contributed by atoms with Gasteiger partial charge in [0.2, 0.25) is 5.91 Å². The summed E-state index contributed by atoms with van der Waals surface area (Å²) in [5.74, 6) is -2.59. The topological polar surface area (TPSA) is 122 Å². The van der Waals surface area contributed by atoms with Gasteiger partial charge in [-0.2, -0.15) is 4.99 Å². The molecule has 1 fully saturated rings. The van der Waals surface area contributed by atoms with Crippen molar-refractivity contribution >= 4 is 41.3 Å². The number of amides is 2. The standard InChI is InChI=1S/C26H24N4O5/c31-23(13-21(25(32)33)14-28-26(34)35-17-18-5-2-1-3-6-18)30-15-19(16-30)8-10-22-11-9-20-7-4-12-27-24(20)29-22/h1-12,14,19,21H,13,15-17H2,(H,32,33)/b10-8+,28-14+. The summed E-state index contributed by atoms with van der Waals surface area (Å²) in [6, 6.07) is 16.7. The molecule has 2 amide bonds. The number of nitrogens with zero attached hydrogens (tertiary/aromatic N) is 4. The lowest BCUT2D eigenvalue weighted by Gasteiger charge is -2.38. The number of hydrogen-bond acceptors (Lipinski definition) is 6. The fourth-order valence-corrected chi connectivity index (χ4v) is 3.56. The highest BCUT2D eigenvalue weighted by molar-refractivity contribution is 5.96. The van der Waals surface area contributed by atoms with Crippen LogP contribution in [0.3, 0.4) is 0 Å². The normalized spacial score (nSPS) is 14.8. The molecule has 0 saturated carbocycles. The predicted molar refractivity (Wildman–Crippen MR) is 130 cm³/mol. The fourth-order valence-electron chi connectivity index (χ4n) is 3.56. The minimum absolute atomic E-state index is 0.0294. The second-order valence-electron chi connectivity index (χ2n) is 8.17. The van der Waals surface area contributed by atoms with Gasteiger partial charge in [-0.15, -0.1) is 0 Å². The van der Waals surface area contributed by atoms with Crippen LogP contribution in [0.2, 0.25) is 0 Å². The largest absolute Gasteiger partial charge is 0.481 e. The fraction of sp³-hybridized carbons (Fsp3) is 0.231. The Morgan fingerprint density at radius 3 is 2.69 bits per heavy atom. The summed E-state index contributed by atoms with van der Waals surface area (Å²) in [6.45, 7) is 1.01. The molecule has 178 valence electrons. The Morgan fingerprint density at radius 1 is 1.11 bits per heavy atom. The van der Waals surface area contributed by atoms with Gasteiger partial charge in [-0.3, -0.25) is 9.59 Å². The van der Waals surface area contributed by atoms with Gasteiger partial charge in [0.15, 0.2) is 5.65 Å². The maximum absolute atomic E-state index is 12.5. The van der Waals surface area contributed by atoms with Gasteiger partial charge >= 0.3 is 12.1 Å². The first-order valence-electron chi connectivity index (χ1n) is 11.1. The van der Waals surface area contributed by atoms with Crippen molar-refractivity contribution in [1.29, 1.82) is 0 Å². The Bertz CT molecular complexity index is 1270. The number of likely N-dealkylation sites (tertiary alicyclic amines) is 1. The average molecular weight is 473 g/mol. The third-order valence-corrected chi connectivity index (χ3v) is 5.56. The second-order valence-corrected chi connectivity index (χ2v) is 8.17. The van der Waals surface area contributed by atoms with Crippen molar-refractivity contribution in [2.75, 3.05) is 13.1 Å². The molecule has 0 aliphatic carbocycles. The molecule has 9 nitrogen and oxygen atoms in total. The van der Waals surface area contributed by atoms with Gasteiger partial charge in [0.1, 0.15) is 12.5 Å². The molecule has 3 heterocycles. The van der Waals surface area contributed by atoms with E-state index in [4.69, 9.17) is 4.74 Å². The number of benzene rings is 1. The number of hydrogen-bond donors (Lipinski definition) is 1. The second kappa shape index (κ2) is 11.1. The SMILES string of the molecule is O=C(/N=C/C(CC(=O)N1CC(/C=C/c2ccc3cccnc3n2)C1)C(=O)O)OCc1ccccc1. The van der Waals surface area contributed by atoms with E-state index in [0.29, 0.717) is 18.7 Å². The van der Waals surface area contributed by atoms with E-state index in [0.717, 1.165) is 22.9 Å². The summed E-state index contributed by atoms with van der Waals surface area (Å²) in [4.78, 5) is 49.7. The van der Waals surface area contributed by atoms with Crippen LogP contribution in [-0.2, 0) is 20.9 Å². The molecule has 1 saturated heterocycles. The lowest BCUT2D eigenvalue weighted by atomic mass is 9.97. The molecule has 1 aliphatic rings. The summed E-state index contributed by atoms with van der Waals surface area (Å²) < 4.78 is 5.00. The molecule has 0 spiro atoms. The number of carboxylic acid groups (broad SMARTS) is 1. The van der Waals surface area contributed by atoms with E-state index >= 15 is 0 Å². The molecule has 3 aromatic rings. The summed E-state index contributed by atoms with van der Waals surface area (Å²) >= 11 is 0. The third-order valence-electron chi connectivity index (χ3n) is 5.56. The summed E-state index contributed by atoms with van der Waals surface area (Å²) in [6.07, 6.45) is 5.36. The van der Waals surface area contributed by atoms with Crippen LogP contribution in [0.4, 0.5) is 4.79 Å². The number of aromatic nitrogens is 2. The number of aliphatic imine (C=N–C) groups is 1. The van der Waals surface area contributed by atoms with E-state index in [-0.39, 0.29) is 24.9 Å². The lowest BCUT2D eigenvalue weighted by Crippen LogP contribution is -2.49. The zero-order valence-corrected chi connectivity index (χ0v) is 18.9. The molecule has 1 N–H and O–H groups in total. The van der Waals surface area contributed by atoms with E-state index in [1.54, 1.807) is 23.2 Å². The van der Waals surface area contributed by atoms with Crippen LogP contribution in [0.25, 0.3) is 17.1 Å². The van der Waals surface area contributed by atoms with E-state index in [1.807, 2.05) is 54.6 Å². The lowest BCUT2D eigenvalue weighted by molar-refractivity contribution is -0.145. The van der Waals surface area contributed by atoms with Crippen molar-refractivity contribution in [3.63, 3.8) is 0 Å². The number of carboxylic acids is 1. The third kappa shape index (κ3) is 6.57.